The molecule has 0 saturated heterocycles. The number of halogens is 3. The molecule has 3 N–H and O–H groups in total. The number of carbonyl (C=O) groups is 2. The predicted octanol–water partition coefficient (Wildman–Crippen LogP) is 4.61. The zero-order chi connectivity index (χ0) is 22.4. The molecule has 0 bridgehead atoms. The third kappa shape index (κ3) is 5.78. The van der Waals surface area contributed by atoms with E-state index < -0.39 is 30.1 Å². The van der Waals surface area contributed by atoms with Crippen molar-refractivity contribution in [3.8, 4) is 5.75 Å². The lowest BCUT2D eigenvalue weighted by Crippen LogP contribution is -2.23. The van der Waals surface area contributed by atoms with Gasteiger partial charge in [0, 0.05) is 17.1 Å². The highest BCUT2D eigenvalue weighted by molar-refractivity contribution is 6.02. The van der Waals surface area contributed by atoms with E-state index in [-0.39, 0.29) is 17.1 Å². The molecule has 31 heavy (non-hydrogen) atoms. The summed E-state index contributed by atoms with van der Waals surface area (Å²) in [6, 6.07) is 12.6. The molecule has 0 aliphatic carbocycles. The largest absolute Gasteiger partial charge is 0.497 e. The van der Waals surface area contributed by atoms with E-state index in [1.54, 1.807) is 24.3 Å². The molecule has 10 heteroatoms. The topological polar surface area (TPSA) is 92.6 Å². The van der Waals surface area contributed by atoms with Gasteiger partial charge in [-0.25, -0.2) is 0 Å². The van der Waals surface area contributed by atoms with Crippen LogP contribution in [0.1, 0.15) is 16.1 Å². The summed E-state index contributed by atoms with van der Waals surface area (Å²) in [6.07, 6.45) is -3.43. The van der Waals surface area contributed by atoms with Crippen molar-refractivity contribution >= 4 is 28.9 Å². The van der Waals surface area contributed by atoms with Gasteiger partial charge in [0.2, 0.25) is 5.91 Å². The zero-order valence-electron chi connectivity index (χ0n) is 16.2. The van der Waals surface area contributed by atoms with Gasteiger partial charge in [0.05, 0.1) is 25.5 Å². The molecule has 0 fully saturated rings. The molecule has 0 aliphatic heterocycles. The molecule has 2 aromatic carbocycles. The lowest BCUT2D eigenvalue weighted by atomic mass is 10.1. The molecule has 1 heterocycles. The summed E-state index contributed by atoms with van der Waals surface area (Å²) in [5.41, 5.74) is -0.919. The van der Waals surface area contributed by atoms with Gasteiger partial charge < -0.3 is 25.1 Å². The van der Waals surface area contributed by atoms with E-state index in [0.717, 1.165) is 12.1 Å². The number of anilines is 3. The monoisotopic (exact) mass is 433 g/mol. The van der Waals surface area contributed by atoms with E-state index in [1.165, 1.54) is 31.6 Å². The molecule has 0 atom stereocenters. The number of rotatable bonds is 7. The van der Waals surface area contributed by atoms with Crippen LogP contribution in [0.2, 0.25) is 0 Å². The van der Waals surface area contributed by atoms with Gasteiger partial charge in [-0.15, -0.1) is 0 Å². The Bertz CT molecular complexity index is 1050. The standard InChI is InChI=1S/C21H18F3N3O4/c1-30-15-7-4-13(5-8-15)26-19(28)12-25-17-9-6-14(11-16(17)21(22,23)24)27-20(29)18-3-2-10-31-18/h2-11,25H,12H2,1H3,(H,26,28)(H,27,29). The lowest BCUT2D eigenvalue weighted by molar-refractivity contribution is -0.137. The van der Waals surface area contributed by atoms with Crippen LogP contribution in [0.5, 0.6) is 5.75 Å². The second kappa shape index (κ2) is 9.24. The molecule has 3 rings (SSSR count). The van der Waals surface area contributed by atoms with Crippen LogP contribution in [-0.4, -0.2) is 25.5 Å². The first-order valence-corrected chi connectivity index (χ1v) is 9.00. The van der Waals surface area contributed by atoms with Crippen molar-refractivity contribution in [2.75, 3.05) is 29.6 Å². The number of alkyl halides is 3. The summed E-state index contributed by atoms with van der Waals surface area (Å²) >= 11 is 0. The van der Waals surface area contributed by atoms with Crippen LogP contribution in [0, 0.1) is 0 Å². The van der Waals surface area contributed by atoms with Crippen LogP contribution in [0.15, 0.2) is 65.3 Å². The molecule has 0 saturated carbocycles. The van der Waals surface area contributed by atoms with Crippen LogP contribution in [0.25, 0.3) is 0 Å². The molecule has 0 aliphatic rings. The Morgan fingerprint density at radius 2 is 1.71 bits per heavy atom. The summed E-state index contributed by atoms with van der Waals surface area (Å²) in [5.74, 6) is -0.651. The molecule has 0 spiro atoms. The second-order valence-corrected chi connectivity index (χ2v) is 6.32. The molecular formula is C21H18F3N3O4. The molecule has 7 nitrogen and oxygen atoms in total. The Morgan fingerprint density at radius 1 is 1.00 bits per heavy atom. The number of furan rings is 1. The van der Waals surface area contributed by atoms with Gasteiger partial charge in [-0.1, -0.05) is 0 Å². The van der Waals surface area contributed by atoms with E-state index in [4.69, 9.17) is 9.15 Å². The van der Waals surface area contributed by atoms with Gasteiger partial charge in [0.1, 0.15) is 5.75 Å². The van der Waals surface area contributed by atoms with Crippen molar-refractivity contribution in [2.24, 2.45) is 0 Å². The number of carbonyl (C=O) groups excluding carboxylic acids is 2. The predicted molar refractivity (Wildman–Crippen MR) is 108 cm³/mol. The number of hydrogen-bond acceptors (Lipinski definition) is 5. The Morgan fingerprint density at radius 3 is 2.32 bits per heavy atom. The lowest BCUT2D eigenvalue weighted by Gasteiger charge is -2.16. The number of nitrogens with one attached hydrogen (secondary N) is 3. The molecule has 162 valence electrons. The summed E-state index contributed by atoms with van der Waals surface area (Å²) in [6.45, 7) is -0.396. The van der Waals surface area contributed by atoms with Crippen LogP contribution in [-0.2, 0) is 11.0 Å². The fourth-order valence-electron chi connectivity index (χ4n) is 2.67. The SMILES string of the molecule is COc1ccc(NC(=O)CNc2ccc(NC(=O)c3ccco3)cc2C(F)(F)F)cc1. The summed E-state index contributed by atoms with van der Waals surface area (Å²) in [5, 5.41) is 7.39. The zero-order valence-corrected chi connectivity index (χ0v) is 16.2. The summed E-state index contributed by atoms with van der Waals surface area (Å²) in [7, 11) is 1.50. The molecule has 0 radical (unpaired) electrons. The van der Waals surface area contributed by atoms with Crippen LogP contribution >= 0.6 is 0 Å². The Labute approximate surface area is 175 Å². The van der Waals surface area contributed by atoms with Crippen molar-refractivity contribution in [2.45, 2.75) is 6.18 Å². The van der Waals surface area contributed by atoms with Crippen LogP contribution in [0.3, 0.4) is 0 Å². The minimum absolute atomic E-state index is 0.0361. The molecule has 1 aromatic heterocycles. The second-order valence-electron chi connectivity index (χ2n) is 6.32. The summed E-state index contributed by atoms with van der Waals surface area (Å²) < 4.78 is 50.4. The third-order valence-corrected chi connectivity index (χ3v) is 4.14. The van der Waals surface area contributed by atoms with E-state index in [1.807, 2.05) is 0 Å². The van der Waals surface area contributed by atoms with Crippen molar-refractivity contribution in [1.29, 1.82) is 0 Å². The third-order valence-electron chi connectivity index (χ3n) is 4.14. The van der Waals surface area contributed by atoms with Gasteiger partial charge >= 0.3 is 6.18 Å². The van der Waals surface area contributed by atoms with E-state index in [9.17, 15) is 22.8 Å². The fraction of sp³-hybridized carbons (Fsp3) is 0.143. The summed E-state index contributed by atoms with van der Waals surface area (Å²) in [4.78, 5) is 24.1. The molecule has 0 unspecified atom stereocenters. The highest BCUT2D eigenvalue weighted by atomic mass is 19.4. The minimum Gasteiger partial charge on any atom is -0.497 e. The van der Waals surface area contributed by atoms with Crippen molar-refractivity contribution < 1.29 is 31.9 Å². The maximum atomic E-state index is 13.5. The van der Waals surface area contributed by atoms with Crippen molar-refractivity contribution in [3.05, 3.63) is 72.2 Å². The van der Waals surface area contributed by atoms with E-state index in [2.05, 4.69) is 16.0 Å². The van der Waals surface area contributed by atoms with Gasteiger partial charge in [-0.3, -0.25) is 9.59 Å². The first-order valence-electron chi connectivity index (χ1n) is 9.00. The number of ether oxygens (including phenoxy) is 1. The maximum Gasteiger partial charge on any atom is 0.418 e. The van der Waals surface area contributed by atoms with Crippen LogP contribution < -0.4 is 20.7 Å². The smallest absolute Gasteiger partial charge is 0.418 e. The highest BCUT2D eigenvalue weighted by Gasteiger charge is 2.34. The first kappa shape index (κ1) is 21.8. The quantitative estimate of drug-likeness (QED) is 0.506. The maximum absolute atomic E-state index is 13.5. The average Bonchev–Trinajstić information content (AvgIpc) is 3.28. The number of amides is 2. The molecule has 3 aromatic rings. The van der Waals surface area contributed by atoms with Gasteiger partial charge in [0.25, 0.3) is 5.91 Å². The van der Waals surface area contributed by atoms with Gasteiger partial charge in [-0.05, 0) is 54.6 Å². The molecular weight excluding hydrogens is 415 g/mol. The fourth-order valence-corrected chi connectivity index (χ4v) is 2.67. The Kier molecular flexibility index (Phi) is 6.49. The Balaban J connectivity index is 1.68. The van der Waals surface area contributed by atoms with E-state index in [0.29, 0.717) is 11.4 Å². The van der Waals surface area contributed by atoms with Gasteiger partial charge in [0.15, 0.2) is 5.76 Å². The molecule has 2 amide bonds. The minimum atomic E-state index is -4.71. The number of benzene rings is 2. The number of hydrogen-bond donors (Lipinski definition) is 3. The highest BCUT2D eigenvalue weighted by Crippen LogP contribution is 2.36. The first-order chi connectivity index (χ1) is 14.8. The van der Waals surface area contributed by atoms with Crippen LogP contribution in [0.4, 0.5) is 30.2 Å². The van der Waals surface area contributed by atoms with E-state index >= 15 is 0 Å². The van der Waals surface area contributed by atoms with Crippen molar-refractivity contribution in [3.63, 3.8) is 0 Å². The Hall–Kier alpha value is -3.95. The van der Waals surface area contributed by atoms with Gasteiger partial charge in [-0.2, -0.15) is 13.2 Å². The number of methoxy groups -OCH3 is 1. The average molecular weight is 433 g/mol. The normalized spacial score (nSPS) is 11.0. The van der Waals surface area contributed by atoms with Crippen molar-refractivity contribution in [1.82, 2.24) is 0 Å².